The number of amides is 2. The lowest BCUT2D eigenvalue weighted by Gasteiger charge is -2.41. The average Bonchev–Trinajstić information content (AvgIpc) is 3.42. The van der Waals surface area contributed by atoms with Crippen molar-refractivity contribution >= 4 is 18.1 Å². The van der Waals surface area contributed by atoms with Crippen LogP contribution in [0.2, 0.25) is 0 Å². The van der Waals surface area contributed by atoms with Gasteiger partial charge in [-0.1, -0.05) is 53.4 Å². The molecule has 1 fully saturated rings. The lowest BCUT2D eigenvalue weighted by molar-refractivity contribution is -0.147. The van der Waals surface area contributed by atoms with Gasteiger partial charge in [0.05, 0.1) is 31.8 Å². The molecule has 0 bridgehead atoms. The Kier molecular flexibility index (Phi) is 12.5. The van der Waals surface area contributed by atoms with Gasteiger partial charge in [-0.15, -0.1) is 0 Å². The number of methoxy groups -OCH3 is 1. The van der Waals surface area contributed by atoms with E-state index in [2.05, 4.69) is 33.0 Å². The van der Waals surface area contributed by atoms with Crippen LogP contribution in [0.15, 0.2) is 23.8 Å². The van der Waals surface area contributed by atoms with E-state index in [1.54, 1.807) is 23.1 Å². The molecule has 4 rings (SSSR count). The smallest absolute Gasteiger partial charge is 0.249 e. The number of aliphatic hydroxyl groups is 2. The van der Waals surface area contributed by atoms with Crippen LogP contribution in [0.25, 0.3) is 0 Å². The molecule has 1 saturated carbocycles. The van der Waals surface area contributed by atoms with Crippen molar-refractivity contribution in [3.8, 4) is 11.5 Å². The van der Waals surface area contributed by atoms with E-state index in [0.29, 0.717) is 58.8 Å². The summed E-state index contributed by atoms with van der Waals surface area (Å²) in [4.78, 5) is 41.0. The number of hydrogen-bond acceptors (Lipinski definition) is 8. The molecule has 0 radical (unpaired) electrons. The Labute approximate surface area is 267 Å². The van der Waals surface area contributed by atoms with Crippen LogP contribution in [0, 0.1) is 17.8 Å². The van der Waals surface area contributed by atoms with Gasteiger partial charge in [0.1, 0.15) is 25.1 Å². The number of unbranched alkanes of at least 4 members (excludes halogenated alkanes) is 3. The molecule has 0 aromatic heterocycles. The van der Waals surface area contributed by atoms with Gasteiger partial charge in [0.15, 0.2) is 11.5 Å². The number of ether oxygens (including phenoxy) is 3. The van der Waals surface area contributed by atoms with E-state index in [9.17, 15) is 24.6 Å². The van der Waals surface area contributed by atoms with Crippen molar-refractivity contribution in [2.45, 2.75) is 103 Å². The topological polar surface area (TPSA) is 135 Å². The van der Waals surface area contributed by atoms with E-state index in [-0.39, 0.29) is 31.8 Å². The molecular formula is C35H52N2O8. The van der Waals surface area contributed by atoms with Gasteiger partial charge in [-0.2, -0.15) is 0 Å². The van der Waals surface area contributed by atoms with Crippen LogP contribution in [0.3, 0.4) is 0 Å². The Bertz CT molecular complexity index is 1220. The highest BCUT2D eigenvalue weighted by Gasteiger charge is 2.51. The fourth-order valence-electron chi connectivity index (χ4n) is 7.28. The fourth-order valence-corrected chi connectivity index (χ4v) is 7.28. The lowest BCUT2D eigenvalue weighted by Crippen LogP contribution is -2.56. The van der Waals surface area contributed by atoms with Crippen molar-refractivity contribution in [3.05, 3.63) is 34.9 Å². The summed E-state index contributed by atoms with van der Waals surface area (Å²) in [5, 5.41) is 24.0. The van der Waals surface area contributed by atoms with Crippen molar-refractivity contribution in [1.82, 2.24) is 10.2 Å². The second kappa shape index (κ2) is 16.1. The molecule has 45 heavy (non-hydrogen) atoms. The maximum Gasteiger partial charge on any atom is 0.249 e. The zero-order valence-corrected chi connectivity index (χ0v) is 27.5. The molecule has 2 amide bonds. The maximum absolute atomic E-state index is 14.0. The Morgan fingerprint density at radius 1 is 1.20 bits per heavy atom. The summed E-state index contributed by atoms with van der Waals surface area (Å²) in [6.07, 6.45) is 7.13. The zero-order chi connectivity index (χ0) is 32.7. The second-order valence-electron chi connectivity index (χ2n) is 13.2. The van der Waals surface area contributed by atoms with Crippen LogP contribution in [-0.4, -0.2) is 91.0 Å². The molecule has 250 valence electrons. The number of hydrogen-bond donors (Lipinski definition) is 3. The summed E-state index contributed by atoms with van der Waals surface area (Å²) < 4.78 is 18.2. The number of aliphatic hydroxyl groups excluding tert-OH is 2. The first kappa shape index (κ1) is 34.9. The van der Waals surface area contributed by atoms with Gasteiger partial charge in [-0.25, -0.2) is 0 Å². The van der Waals surface area contributed by atoms with Crippen LogP contribution in [0.1, 0.15) is 94.5 Å². The monoisotopic (exact) mass is 628 g/mol. The van der Waals surface area contributed by atoms with Gasteiger partial charge in [0, 0.05) is 29.8 Å². The number of carbonyl (C=O) groups excluding carboxylic acids is 3. The van der Waals surface area contributed by atoms with E-state index in [1.807, 2.05) is 0 Å². The van der Waals surface area contributed by atoms with Crippen LogP contribution in [-0.2, 0) is 14.3 Å². The summed E-state index contributed by atoms with van der Waals surface area (Å²) >= 11 is 0. The predicted octanol–water partition coefficient (Wildman–Crippen LogP) is 4.02. The molecule has 2 aliphatic carbocycles. The van der Waals surface area contributed by atoms with E-state index in [4.69, 9.17) is 14.2 Å². The number of rotatable bonds is 15. The van der Waals surface area contributed by atoms with Crippen molar-refractivity contribution < 1.29 is 38.8 Å². The molecule has 7 atom stereocenters. The summed E-state index contributed by atoms with van der Waals surface area (Å²) in [6, 6.07) is 2.35. The number of nitrogens with one attached hydrogen (secondary N) is 1. The van der Waals surface area contributed by atoms with Crippen LogP contribution in [0.4, 0.5) is 0 Å². The minimum absolute atomic E-state index is 0.0113. The van der Waals surface area contributed by atoms with E-state index in [0.717, 1.165) is 44.9 Å². The molecule has 0 saturated heterocycles. The van der Waals surface area contributed by atoms with Crippen LogP contribution in [0.5, 0.6) is 11.5 Å². The number of benzene rings is 1. The van der Waals surface area contributed by atoms with Gasteiger partial charge in [0.25, 0.3) is 0 Å². The third kappa shape index (κ3) is 7.89. The highest BCUT2D eigenvalue weighted by molar-refractivity contribution is 5.96. The third-order valence-corrected chi connectivity index (χ3v) is 9.73. The highest BCUT2D eigenvalue weighted by Crippen LogP contribution is 2.51. The number of aldehydes is 1. The molecule has 0 spiro atoms. The minimum atomic E-state index is -1.17. The van der Waals surface area contributed by atoms with E-state index < -0.39 is 30.1 Å². The highest BCUT2D eigenvalue weighted by atomic mass is 16.5. The van der Waals surface area contributed by atoms with Crippen molar-refractivity contribution in [3.63, 3.8) is 0 Å². The number of fused-ring (bicyclic) bond motifs is 3. The summed E-state index contributed by atoms with van der Waals surface area (Å²) in [5.74, 6) is 0.655. The first-order valence-electron chi connectivity index (χ1n) is 16.7. The normalized spacial score (nSPS) is 27.2. The molecular weight excluding hydrogens is 576 g/mol. The SMILES string of the molecule is CCCCCCN(C(=O)COC1CC(C)CCC1C(C)C)C1C=C(C(=O)NCCO)C2c3cc(C=O)cc(OC)c3OC2C1O. The Morgan fingerprint density at radius 3 is 2.64 bits per heavy atom. The first-order chi connectivity index (χ1) is 21.6. The van der Waals surface area contributed by atoms with Crippen molar-refractivity contribution in [2.75, 3.05) is 33.4 Å². The second-order valence-corrected chi connectivity index (χ2v) is 13.2. The number of nitrogens with zero attached hydrogens (tertiary/aromatic N) is 1. The van der Waals surface area contributed by atoms with Gasteiger partial charge >= 0.3 is 0 Å². The van der Waals surface area contributed by atoms with Crippen molar-refractivity contribution in [2.24, 2.45) is 17.8 Å². The van der Waals surface area contributed by atoms with Crippen molar-refractivity contribution in [1.29, 1.82) is 0 Å². The molecule has 10 nitrogen and oxygen atoms in total. The zero-order valence-electron chi connectivity index (χ0n) is 27.5. The van der Waals surface area contributed by atoms with Gasteiger partial charge in [0.2, 0.25) is 11.8 Å². The molecule has 1 aromatic rings. The van der Waals surface area contributed by atoms with E-state index in [1.165, 1.54) is 7.11 Å². The maximum atomic E-state index is 14.0. The quantitative estimate of drug-likeness (QED) is 0.196. The van der Waals surface area contributed by atoms with Gasteiger partial charge in [-0.3, -0.25) is 14.4 Å². The molecule has 10 heteroatoms. The molecule has 3 aliphatic rings. The standard InChI is InChI=1S/C35H52N2O8/c1-6-7-8-9-13-37(30(40)20-44-28-15-22(4)10-11-24(28)21(2)3)27-18-26(35(42)36-12-14-38)31-25-16-23(19-39)17-29(43-5)33(25)45-34(31)32(27)41/h16-19,21-22,24,27-28,31-32,34,38,41H,6-15,20H2,1-5H3,(H,36,42). The summed E-state index contributed by atoms with van der Waals surface area (Å²) in [5.41, 5.74) is 1.21. The van der Waals surface area contributed by atoms with Gasteiger partial charge < -0.3 is 34.6 Å². The summed E-state index contributed by atoms with van der Waals surface area (Å²) in [7, 11) is 1.47. The Balaban J connectivity index is 1.68. The predicted molar refractivity (Wildman–Crippen MR) is 170 cm³/mol. The lowest BCUT2D eigenvalue weighted by atomic mass is 9.75. The molecule has 3 N–H and O–H groups in total. The molecule has 1 heterocycles. The largest absolute Gasteiger partial charge is 0.493 e. The molecule has 7 unspecified atom stereocenters. The average molecular weight is 629 g/mol. The fraction of sp³-hybridized carbons (Fsp3) is 0.686. The third-order valence-electron chi connectivity index (χ3n) is 9.73. The van der Waals surface area contributed by atoms with Crippen LogP contribution < -0.4 is 14.8 Å². The molecule has 1 aliphatic heterocycles. The number of carbonyl (C=O) groups is 3. The van der Waals surface area contributed by atoms with Crippen LogP contribution >= 0.6 is 0 Å². The Morgan fingerprint density at radius 2 is 1.98 bits per heavy atom. The van der Waals surface area contributed by atoms with E-state index >= 15 is 0 Å². The first-order valence-corrected chi connectivity index (χ1v) is 16.7. The minimum Gasteiger partial charge on any atom is -0.493 e. The Hall–Kier alpha value is -2.95. The summed E-state index contributed by atoms with van der Waals surface area (Å²) in [6.45, 7) is 8.83. The van der Waals surface area contributed by atoms with Gasteiger partial charge in [-0.05, 0) is 55.2 Å². The molecule has 1 aromatic carbocycles.